The highest BCUT2D eigenvalue weighted by atomic mass is 32.1. The standard InChI is InChI=1S/C17H15N3OS/c1-12-6-8-13(9-7-12)15-11-22-17(19-15)20-18-10-14-4-2-3-5-16(14)21/h2-11,21H,1H3,(H,19,20). The summed E-state index contributed by atoms with van der Waals surface area (Å²) in [7, 11) is 0. The van der Waals surface area contributed by atoms with Gasteiger partial charge in [-0.1, -0.05) is 42.0 Å². The molecular formula is C17H15N3OS. The van der Waals surface area contributed by atoms with E-state index in [9.17, 15) is 5.11 Å². The monoisotopic (exact) mass is 309 g/mol. The molecule has 22 heavy (non-hydrogen) atoms. The van der Waals surface area contributed by atoms with E-state index in [0.29, 0.717) is 10.7 Å². The molecule has 0 radical (unpaired) electrons. The number of nitrogens with zero attached hydrogens (tertiary/aromatic N) is 2. The van der Waals surface area contributed by atoms with E-state index < -0.39 is 0 Å². The Balaban J connectivity index is 1.70. The quantitative estimate of drug-likeness (QED) is 0.559. The molecule has 1 aromatic heterocycles. The van der Waals surface area contributed by atoms with Gasteiger partial charge in [0.1, 0.15) is 5.75 Å². The second-order valence-corrected chi connectivity index (χ2v) is 5.69. The first-order valence-electron chi connectivity index (χ1n) is 6.82. The fourth-order valence-corrected chi connectivity index (χ4v) is 2.60. The van der Waals surface area contributed by atoms with Crippen molar-refractivity contribution in [3.8, 4) is 17.0 Å². The summed E-state index contributed by atoms with van der Waals surface area (Å²) in [5.41, 5.74) is 6.78. The number of phenols is 1. The molecule has 0 aliphatic heterocycles. The molecule has 5 heteroatoms. The number of rotatable bonds is 4. The van der Waals surface area contributed by atoms with Crippen LogP contribution in [0, 0.1) is 6.92 Å². The van der Waals surface area contributed by atoms with Crippen LogP contribution in [0.3, 0.4) is 0 Å². The Morgan fingerprint density at radius 2 is 1.91 bits per heavy atom. The van der Waals surface area contributed by atoms with E-state index in [1.54, 1.807) is 24.4 Å². The van der Waals surface area contributed by atoms with Gasteiger partial charge in [0, 0.05) is 16.5 Å². The molecule has 4 nitrogen and oxygen atoms in total. The van der Waals surface area contributed by atoms with E-state index in [1.165, 1.54) is 16.9 Å². The van der Waals surface area contributed by atoms with Crippen LogP contribution in [0.1, 0.15) is 11.1 Å². The minimum atomic E-state index is 0.201. The number of hydrogen-bond donors (Lipinski definition) is 2. The number of phenolic OH excluding ortho intramolecular Hbond substituents is 1. The van der Waals surface area contributed by atoms with Gasteiger partial charge in [0.05, 0.1) is 11.9 Å². The van der Waals surface area contributed by atoms with Crippen LogP contribution >= 0.6 is 11.3 Å². The number of aromatic nitrogens is 1. The fraction of sp³-hybridized carbons (Fsp3) is 0.0588. The van der Waals surface area contributed by atoms with E-state index in [-0.39, 0.29) is 5.75 Å². The Labute approximate surface area is 132 Å². The van der Waals surface area contributed by atoms with E-state index in [4.69, 9.17) is 0 Å². The zero-order valence-electron chi connectivity index (χ0n) is 12.0. The predicted molar refractivity (Wildman–Crippen MR) is 91.6 cm³/mol. The Morgan fingerprint density at radius 1 is 1.14 bits per heavy atom. The molecule has 2 aromatic carbocycles. The summed E-state index contributed by atoms with van der Waals surface area (Å²) < 4.78 is 0. The van der Waals surface area contributed by atoms with Gasteiger partial charge in [-0.25, -0.2) is 4.98 Å². The molecule has 0 amide bonds. The Morgan fingerprint density at radius 3 is 2.68 bits per heavy atom. The molecule has 1 heterocycles. The van der Waals surface area contributed by atoms with Crippen LogP contribution in [0.4, 0.5) is 5.13 Å². The normalized spacial score (nSPS) is 11.0. The second kappa shape index (κ2) is 6.41. The van der Waals surface area contributed by atoms with Gasteiger partial charge in [0.2, 0.25) is 5.13 Å². The van der Waals surface area contributed by atoms with Gasteiger partial charge in [-0.05, 0) is 19.1 Å². The molecule has 0 bridgehead atoms. The first-order valence-corrected chi connectivity index (χ1v) is 7.70. The largest absolute Gasteiger partial charge is 0.507 e. The molecule has 110 valence electrons. The highest BCUT2D eigenvalue weighted by molar-refractivity contribution is 7.14. The summed E-state index contributed by atoms with van der Waals surface area (Å²) in [6, 6.07) is 15.3. The molecule has 0 saturated heterocycles. The fourth-order valence-electron chi connectivity index (χ4n) is 1.94. The first kappa shape index (κ1) is 14.3. The molecule has 0 unspecified atom stereocenters. The number of para-hydroxylation sites is 1. The Kier molecular flexibility index (Phi) is 4.16. The smallest absolute Gasteiger partial charge is 0.203 e. The molecule has 0 saturated carbocycles. The van der Waals surface area contributed by atoms with Gasteiger partial charge >= 0.3 is 0 Å². The summed E-state index contributed by atoms with van der Waals surface area (Å²) in [4.78, 5) is 4.49. The number of thiazole rings is 1. The Bertz CT molecular complexity index is 794. The van der Waals surface area contributed by atoms with Crippen LogP contribution in [0.25, 0.3) is 11.3 Å². The van der Waals surface area contributed by atoms with Gasteiger partial charge < -0.3 is 5.11 Å². The zero-order chi connectivity index (χ0) is 15.4. The highest BCUT2D eigenvalue weighted by Crippen LogP contribution is 2.25. The van der Waals surface area contributed by atoms with Crippen LogP contribution in [0.2, 0.25) is 0 Å². The summed E-state index contributed by atoms with van der Waals surface area (Å²) in [6.45, 7) is 2.06. The SMILES string of the molecule is Cc1ccc(-c2csc(NN=Cc3ccccc3O)n2)cc1. The molecule has 3 rings (SSSR count). The van der Waals surface area contributed by atoms with Gasteiger partial charge in [0.25, 0.3) is 0 Å². The number of anilines is 1. The first-order chi connectivity index (χ1) is 10.7. The molecule has 0 aliphatic rings. The average molecular weight is 309 g/mol. The van der Waals surface area contributed by atoms with Crippen molar-refractivity contribution >= 4 is 22.7 Å². The van der Waals surface area contributed by atoms with Gasteiger partial charge in [-0.3, -0.25) is 5.43 Å². The van der Waals surface area contributed by atoms with Crippen LogP contribution in [-0.2, 0) is 0 Å². The van der Waals surface area contributed by atoms with Crippen LogP contribution in [0.5, 0.6) is 5.75 Å². The van der Waals surface area contributed by atoms with Gasteiger partial charge in [-0.2, -0.15) is 5.10 Å². The third-order valence-corrected chi connectivity index (χ3v) is 3.90. The van der Waals surface area contributed by atoms with Crippen molar-refractivity contribution in [2.75, 3.05) is 5.43 Å². The zero-order valence-corrected chi connectivity index (χ0v) is 12.8. The van der Waals surface area contributed by atoms with Crippen LogP contribution < -0.4 is 5.43 Å². The topological polar surface area (TPSA) is 57.5 Å². The maximum Gasteiger partial charge on any atom is 0.203 e. The summed E-state index contributed by atoms with van der Waals surface area (Å²) in [5, 5.41) is 16.5. The molecule has 0 fully saturated rings. The molecule has 2 N–H and O–H groups in total. The summed E-state index contributed by atoms with van der Waals surface area (Å²) >= 11 is 1.49. The van der Waals surface area contributed by atoms with Crippen LogP contribution in [-0.4, -0.2) is 16.3 Å². The van der Waals surface area contributed by atoms with E-state index >= 15 is 0 Å². The lowest BCUT2D eigenvalue weighted by Crippen LogP contribution is -1.90. The lowest BCUT2D eigenvalue weighted by atomic mass is 10.1. The van der Waals surface area contributed by atoms with Gasteiger partial charge in [-0.15, -0.1) is 11.3 Å². The third-order valence-electron chi connectivity index (χ3n) is 3.15. The van der Waals surface area contributed by atoms with E-state index in [0.717, 1.165) is 11.3 Å². The molecular weight excluding hydrogens is 294 g/mol. The van der Waals surface area contributed by atoms with Crippen molar-refractivity contribution in [1.82, 2.24) is 4.98 Å². The number of nitrogens with one attached hydrogen (secondary N) is 1. The molecule has 0 spiro atoms. The van der Waals surface area contributed by atoms with Crippen molar-refractivity contribution in [1.29, 1.82) is 0 Å². The predicted octanol–water partition coefficient (Wildman–Crippen LogP) is 4.27. The van der Waals surface area contributed by atoms with Crippen molar-refractivity contribution in [2.45, 2.75) is 6.92 Å². The summed E-state index contributed by atoms with van der Waals surface area (Å²) in [6.07, 6.45) is 1.57. The Hall–Kier alpha value is -2.66. The van der Waals surface area contributed by atoms with Crippen molar-refractivity contribution in [3.05, 3.63) is 65.0 Å². The number of benzene rings is 2. The highest BCUT2D eigenvalue weighted by Gasteiger charge is 2.03. The molecule has 3 aromatic rings. The third kappa shape index (κ3) is 3.32. The lowest BCUT2D eigenvalue weighted by molar-refractivity contribution is 0.474. The van der Waals surface area contributed by atoms with Crippen molar-refractivity contribution in [2.24, 2.45) is 5.10 Å². The number of aryl methyl sites for hydroxylation is 1. The maximum atomic E-state index is 9.65. The van der Waals surface area contributed by atoms with Crippen LogP contribution in [0.15, 0.2) is 59.0 Å². The van der Waals surface area contributed by atoms with E-state index in [2.05, 4.69) is 46.7 Å². The van der Waals surface area contributed by atoms with E-state index in [1.807, 2.05) is 11.4 Å². The number of hydrazone groups is 1. The molecule has 0 atom stereocenters. The van der Waals surface area contributed by atoms with Crippen molar-refractivity contribution < 1.29 is 5.11 Å². The average Bonchev–Trinajstić information content (AvgIpc) is 2.99. The lowest BCUT2D eigenvalue weighted by Gasteiger charge is -1.98. The number of hydrogen-bond acceptors (Lipinski definition) is 5. The number of aromatic hydroxyl groups is 1. The maximum absolute atomic E-state index is 9.65. The minimum Gasteiger partial charge on any atom is -0.507 e. The van der Waals surface area contributed by atoms with Crippen molar-refractivity contribution in [3.63, 3.8) is 0 Å². The van der Waals surface area contributed by atoms with Gasteiger partial charge in [0.15, 0.2) is 0 Å². The molecule has 0 aliphatic carbocycles. The summed E-state index contributed by atoms with van der Waals surface area (Å²) in [5.74, 6) is 0.201. The minimum absolute atomic E-state index is 0.201. The second-order valence-electron chi connectivity index (χ2n) is 4.83.